The van der Waals surface area contributed by atoms with Crippen LogP contribution in [0.5, 0.6) is 11.5 Å². The SMILES string of the molecule is COc1ccc(NC(N)=NCCCS(=O)(=O)c2ccccc2)cc1OC.I. The monoisotopic (exact) mass is 505 g/mol. The predicted octanol–water partition coefficient (Wildman–Crippen LogP) is 2.91. The molecule has 0 spiro atoms. The Labute approximate surface area is 176 Å². The van der Waals surface area contributed by atoms with E-state index in [-0.39, 0.29) is 35.7 Å². The lowest BCUT2D eigenvalue weighted by Crippen LogP contribution is -2.23. The third-order valence-electron chi connectivity index (χ3n) is 3.61. The normalized spacial score (nSPS) is 11.4. The van der Waals surface area contributed by atoms with E-state index in [0.717, 1.165) is 0 Å². The summed E-state index contributed by atoms with van der Waals surface area (Å²) in [5.74, 6) is 1.40. The molecule has 0 amide bonds. The van der Waals surface area contributed by atoms with Crippen molar-refractivity contribution in [3.05, 3.63) is 48.5 Å². The third kappa shape index (κ3) is 6.90. The van der Waals surface area contributed by atoms with Crippen LogP contribution < -0.4 is 20.5 Å². The largest absolute Gasteiger partial charge is 0.493 e. The van der Waals surface area contributed by atoms with E-state index in [1.165, 1.54) is 0 Å². The second-order valence-corrected chi connectivity index (χ2v) is 7.56. The summed E-state index contributed by atoms with van der Waals surface area (Å²) >= 11 is 0. The molecule has 0 saturated heterocycles. The van der Waals surface area contributed by atoms with Gasteiger partial charge in [-0.15, -0.1) is 24.0 Å². The van der Waals surface area contributed by atoms with Crippen molar-refractivity contribution >= 4 is 45.5 Å². The molecule has 0 heterocycles. The van der Waals surface area contributed by atoms with E-state index < -0.39 is 9.84 Å². The number of sulfone groups is 1. The molecule has 2 aromatic rings. The van der Waals surface area contributed by atoms with Crippen molar-refractivity contribution in [1.29, 1.82) is 0 Å². The van der Waals surface area contributed by atoms with Crippen molar-refractivity contribution < 1.29 is 17.9 Å². The Bertz CT molecular complexity index is 858. The molecule has 0 aliphatic rings. The summed E-state index contributed by atoms with van der Waals surface area (Å²) in [7, 11) is -0.187. The van der Waals surface area contributed by atoms with Crippen molar-refractivity contribution in [2.24, 2.45) is 10.7 Å². The number of halogens is 1. The molecule has 0 aliphatic carbocycles. The molecule has 3 N–H and O–H groups in total. The van der Waals surface area contributed by atoms with Crippen molar-refractivity contribution in [1.82, 2.24) is 0 Å². The lowest BCUT2D eigenvalue weighted by molar-refractivity contribution is 0.355. The molecule has 0 aliphatic heterocycles. The summed E-state index contributed by atoms with van der Waals surface area (Å²) in [5, 5.41) is 2.94. The lowest BCUT2D eigenvalue weighted by Gasteiger charge is -2.11. The zero-order valence-corrected chi connectivity index (χ0v) is 18.4. The van der Waals surface area contributed by atoms with Crippen LogP contribution in [0.4, 0.5) is 5.69 Å². The number of nitrogens with two attached hydrogens (primary N) is 1. The Kier molecular flexibility index (Phi) is 9.36. The minimum atomic E-state index is -3.29. The van der Waals surface area contributed by atoms with Crippen molar-refractivity contribution in [3.8, 4) is 11.5 Å². The highest BCUT2D eigenvalue weighted by Gasteiger charge is 2.12. The van der Waals surface area contributed by atoms with Crippen LogP contribution in [-0.2, 0) is 9.84 Å². The fourth-order valence-electron chi connectivity index (χ4n) is 2.30. The smallest absolute Gasteiger partial charge is 0.193 e. The zero-order valence-electron chi connectivity index (χ0n) is 15.2. The number of rotatable bonds is 8. The Hall–Kier alpha value is -2.01. The summed E-state index contributed by atoms with van der Waals surface area (Å²) in [4.78, 5) is 4.48. The number of nitrogens with zero attached hydrogens (tertiary/aromatic N) is 1. The van der Waals surface area contributed by atoms with Gasteiger partial charge in [-0.2, -0.15) is 0 Å². The molecular weight excluding hydrogens is 481 g/mol. The molecule has 0 unspecified atom stereocenters. The Balaban J connectivity index is 0.00000364. The number of anilines is 1. The third-order valence-corrected chi connectivity index (χ3v) is 5.43. The van der Waals surface area contributed by atoms with Gasteiger partial charge < -0.3 is 20.5 Å². The minimum Gasteiger partial charge on any atom is -0.493 e. The van der Waals surface area contributed by atoms with E-state index in [0.29, 0.717) is 35.0 Å². The first-order chi connectivity index (χ1) is 12.5. The fraction of sp³-hybridized carbons (Fsp3) is 0.278. The summed E-state index contributed by atoms with van der Waals surface area (Å²) in [6, 6.07) is 13.6. The molecule has 0 aromatic heterocycles. The van der Waals surface area contributed by atoms with Crippen LogP contribution in [0.25, 0.3) is 0 Å². The van der Waals surface area contributed by atoms with Gasteiger partial charge in [-0.3, -0.25) is 4.99 Å². The van der Waals surface area contributed by atoms with Crippen molar-refractivity contribution in [2.75, 3.05) is 31.8 Å². The van der Waals surface area contributed by atoms with Crippen LogP contribution in [0.1, 0.15) is 6.42 Å². The number of hydrogen-bond acceptors (Lipinski definition) is 5. The molecule has 0 atom stereocenters. The van der Waals surface area contributed by atoms with Gasteiger partial charge >= 0.3 is 0 Å². The molecular formula is C18H24IN3O4S. The highest BCUT2D eigenvalue weighted by Crippen LogP contribution is 2.29. The standard InChI is InChI=1S/C18H23N3O4S.HI/c1-24-16-10-9-14(13-17(16)25-2)21-18(19)20-11-6-12-26(22,23)15-7-4-3-5-8-15;/h3-5,7-10,13H,6,11-12H2,1-2H3,(H3,19,20,21);1H. The number of methoxy groups -OCH3 is 2. The summed E-state index contributed by atoms with van der Waals surface area (Å²) in [5.41, 5.74) is 6.54. The van der Waals surface area contributed by atoms with E-state index in [4.69, 9.17) is 15.2 Å². The van der Waals surface area contributed by atoms with E-state index in [1.807, 2.05) is 0 Å². The van der Waals surface area contributed by atoms with Crippen LogP contribution in [0.3, 0.4) is 0 Å². The highest BCUT2D eigenvalue weighted by molar-refractivity contribution is 14.0. The molecule has 0 bridgehead atoms. The van der Waals surface area contributed by atoms with Crippen LogP contribution in [0, 0.1) is 0 Å². The van der Waals surface area contributed by atoms with Gasteiger partial charge in [0.15, 0.2) is 27.3 Å². The number of aliphatic imine (C=N–C) groups is 1. The minimum absolute atomic E-state index is 0. The van der Waals surface area contributed by atoms with E-state index in [2.05, 4.69) is 10.3 Å². The summed E-state index contributed by atoms with van der Waals surface area (Å²) in [6.45, 7) is 0.304. The molecule has 0 fully saturated rings. The van der Waals surface area contributed by atoms with Gasteiger partial charge in [0, 0.05) is 18.3 Å². The van der Waals surface area contributed by atoms with E-state index in [9.17, 15) is 8.42 Å². The number of nitrogens with one attached hydrogen (secondary N) is 1. The van der Waals surface area contributed by atoms with Crippen LogP contribution in [-0.4, -0.2) is 40.9 Å². The maximum absolute atomic E-state index is 12.2. The van der Waals surface area contributed by atoms with Crippen LogP contribution in [0.2, 0.25) is 0 Å². The van der Waals surface area contributed by atoms with Gasteiger partial charge in [0.2, 0.25) is 0 Å². The quantitative estimate of drug-likeness (QED) is 0.248. The maximum Gasteiger partial charge on any atom is 0.193 e. The van der Waals surface area contributed by atoms with Gasteiger partial charge in [-0.25, -0.2) is 8.42 Å². The molecule has 2 aromatic carbocycles. The number of ether oxygens (including phenoxy) is 2. The van der Waals surface area contributed by atoms with E-state index >= 15 is 0 Å². The Morgan fingerprint density at radius 2 is 1.74 bits per heavy atom. The molecule has 9 heteroatoms. The van der Waals surface area contributed by atoms with Gasteiger partial charge in [0.25, 0.3) is 0 Å². The van der Waals surface area contributed by atoms with Gasteiger partial charge in [0.1, 0.15) is 0 Å². The molecule has 0 saturated carbocycles. The predicted molar refractivity (Wildman–Crippen MR) is 118 cm³/mol. The highest BCUT2D eigenvalue weighted by atomic mass is 127. The molecule has 27 heavy (non-hydrogen) atoms. The average Bonchev–Trinajstić information content (AvgIpc) is 2.66. The number of guanidine groups is 1. The van der Waals surface area contributed by atoms with Gasteiger partial charge in [-0.05, 0) is 30.7 Å². The molecule has 148 valence electrons. The van der Waals surface area contributed by atoms with Gasteiger partial charge in [0.05, 0.1) is 24.9 Å². The number of hydrogen-bond donors (Lipinski definition) is 2. The maximum atomic E-state index is 12.2. The topological polar surface area (TPSA) is 103 Å². The van der Waals surface area contributed by atoms with Crippen molar-refractivity contribution in [3.63, 3.8) is 0 Å². The summed E-state index contributed by atoms with van der Waals surface area (Å²) < 4.78 is 34.8. The fourth-order valence-corrected chi connectivity index (χ4v) is 3.62. The van der Waals surface area contributed by atoms with Crippen molar-refractivity contribution in [2.45, 2.75) is 11.3 Å². The average molecular weight is 505 g/mol. The first-order valence-corrected chi connectivity index (χ1v) is 9.68. The summed E-state index contributed by atoms with van der Waals surface area (Å²) in [6.07, 6.45) is 0.380. The second kappa shape index (κ2) is 11.0. The van der Waals surface area contributed by atoms with Gasteiger partial charge in [-0.1, -0.05) is 18.2 Å². The second-order valence-electron chi connectivity index (χ2n) is 5.45. The first-order valence-electron chi connectivity index (χ1n) is 8.03. The number of benzene rings is 2. The van der Waals surface area contributed by atoms with Crippen LogP contribution in [0.15, 0.2) is 58.4 Å². The Morgan fingerprint density at radius 1 is 1.07 bits per heavy atom. The zero-order chi connectivity index (χ0) is 19.0. The Morgan fingerprint density at radius 3 is 2.37 bits per heavy atom. The van der Waals surface area contributed by atoms with E-state index in [1.54, 1.807) is 62.8 Å². The van der Waals surface area contributed by atoms with Crippen LogP contribution >= 0.6 is 24.0 Å². The molecule has 0 radical (unpaired) electrons. The molecule has 7 nitrogen and oxygen atoms in total. The first kappa shape index (κ1) is 23.0. The molecule has 2 rings (SSSR count). The lowest BCUT2D eigenvalue weighted by atomic mass is 10.3.